The predicted octanol–water partition coefficient (Wildman–Crippen LogP) is 4.24. The van der Waals surface area contributed by atoms with Crippen LogP contribution in [-0.2, 0) is 0 Å². The first-order chi connectivity index (χ1) is 8.56. The van der Waals surface area contributed by atoms with Crippen LogP contribution in [0.4, 0.5) is 0 Å². The third-order valence-corrected chi connectivity index (χ3v) is 5.24. The predicted molar refractivity (Wildman–Crippen MR) is 77.8 cm³/mol. The molecule has 0 saturated heterocycles. The van der Waals surface area contributed by atoms with Crippen LogP contribution in [0.5, 0.6) is 0 Å². The molecule has 4 heteroatoms. The topological polar surface area (TPSA) is 20.3 Å². The molecule has 1 heterocycles. The van der Waals surface area contributed by atoms with Gasteiger partial charge in [-0.3, -0.25) is 9.69 Å². The molecule has 0 N–H and O–H groups in total. The minimum atomic E-state index is -0.315. The number of carbonyl (C=O) groups excluding carboxylic acids is 1. The van der Waals surface area contributed by atoms with E-state index in [1.54, 1.807) is 0 Å². The number of ketones is 1. The molecule has 0 bridgehead atoms. The molecule has 1 aliphatic rings. The molecular formula is C14H20ClNOS. The van der Waals surface area contributed by atoms with Crippen molar-refractivity contribution >= 4 is 28.7 Å². The fourth-order valence-electron chi connectivity index (χ4n) is 2.86. The van der Waals surface area contributed by atoms with Crippen molar-refractivity contribution in [2.24, 2.45) is 0 Å². The van der Waals surface area contributed by atoms with E-state index in [0.717, 1.165) is 30.6 Å². The van der Waals surface area contributed by atoms with Crippen molar-refractivity contribution in [3.8, 4) is 0 Å². The minimum Gasteiger partial charge on any atom is -0.297 e. The van der Waals surface area contributed by atoms with Gasteiger partial charge in [0.15, 0.2) is 5.78 Å². The molecule has 0 atom stereocenters. The van der Waals surface area contributed by atoms with Crippen molar-refractivity contribution in [3.05, 3.63) is 21.3 Å². The summed E-state index contributed by atoms with van der Waals surface area (Å²) < 4.78 is 0.695. The van der Waals surface area contributed by atoms with Gasteiger partial charge in [-0.2, -0.15) is 0 Å². The number of hydrogen-bond acceptors (Lipinski definition) is 3. The van der Waals surface area contributed by atoms with Crippen molar-refractivity contribution in [2.45, 2.75) is 44.1 Å². The first kappa shape index (κ1) is 14.0. The zero-order valence-corrected chi connectivity index (χ0v) is 12.6. The summed E-state index contributed by atoms with van der Waals surface area (Å²) in [6.07, 6.45) is 6.71. The monoisotopic (exact) mass is 285 g/mol. The van der Waals surface area contributed by atoms with Crippen LogP contribution < -0.4 is 0 Å². The molecule has 2 nitrogen and oxygen atoms in total. The smallest absolute Gasteiger partial charge is 0.192 e. The maximum absolute atomic E-state index is 12.8. The Bertz CT molecular complexity index is 419. The van der Waals surface area contributed by atoms with E-state index in [-0.39, 0.29) is 11.3 Å². The van der Waals surface area contributed by atoms with Gasteiger partial charge >= 0.3 is 0 Å². The van der Waals surface area contributed by atoms with E-state index < -0.39 is 0 Å². The molecule has 0 aliphatic heterocycles. The second-order valence-electron chi connectivity index (χ2n) is 5.27. The van der Waals surface area contributed by atoms with Gasteiger partial charge in [0.25, 0.3) is 0 Å². The Kier molecular flexibility index (Phi) is 4.46. The van der Waals surface area contributed by atoms with Gasteiger partial charge in [0.2, 0.25) is 0 Å². The zero-order valence-electron chi connectivity index (χ0n) is 11.0. The Labute approximate surface area is 118 Å². The number of nitrogens with zero attached hydrogens (tertiary/aromatic N) is 1. The van der Waals surface area contributed by atoms with E-state index in [1.807, 2.05) is 26.2 Å². The van der Waals surface area contributed by atoms with E-state index in [1.165, 1.54) is 24.2 Å². The Morgan fingerprint density at radius 3 is 2.28 bits per heavy atom. The molecule has 0 unspecified atom stereocenters. The van der Waals surface area contributed by atoms with Crippen molar-refractivity contribution in [1.82, 2.24) is 4.90 Å². The van der Waals surface area contributed by atoms with Crippen molar-refractivity contribution < 1.29 is 4.79 Å². The number of carbonyl (C=O) groups is 1. The SMILES string of the molecule is CN(C)C1(C(=O)c2ccc(Cl)s2)CCCCCC1. The normalized spacial score (nSPS) is 19.8. The molecule has 1 aromatic heterocycles. The molecule has 1 aliphatic carbocycles. The van der Waals surface area contributed by atoms with Crippen LogP contribution >= 0.6 is 22.9 Å². The minimum absolute atomic E-state index is 0.256. The molecule has 0 amide bonds. The van der Waals surface area contributed by atoms with E-state index >= 15 is 0 Å². The van der Waals surface area contributed by atoms with Crippen LogP contribution in [0.25, 0.3) is 0 Å². The standard InChI is InChI=1S/C14H20ClNOS/c1-16(2)14(9-5-3-4-6-10-14)13(17)11-7-8-12(15)18-11/h7-8H,3-6,9-10H2,1-2H3. The lowest BCUT2D eigenvalue weighted by atomic mass is 9.83. The number of hydrogen-bond donors (Lipinski definition) is 0. The van der Waals surface area contributed by atoms with Crippen LogP contribution in [0.1, 0.15) is 48.2 Å². The summed E-state index contributed by atoms with van der Waals surface area (Å²) in [5.74, 6) is 0.256. The van der Waals surface area contributed by atoms with Crippen LogP contribution in [-0.4, -0.2) is 30.3 Å². The highest BCUT2D eigenvalue weighted by atomic mass is 35.5. The van der Waals surface area contributed by atoms with E-state index in [4.69, 9.17) is 11.6 Å². The average molecular weight is 286 g/mol. The summed E-state index contributed by atoms with van der Waals surface area (Å²) in [7, 11) is 4.05. The largest absolute Gasteiger partial charge is 0.297 e. The van der Waals surface area contributed by atoms with Gasteiger partial charge in [-0.05, 0) is 39.1 Å². The molecule has 1 fully saturated rings. The summed E-state index contributed by atoms with van der Waals surface area (Å²) in [6, 6.07) is 3.69. The second-order valence-corrected chi connectivity index (χ2v) is 6.99. The highest BCUT2D eigenvalue weighted by Gasteiger charge is 2.41. The summed E-state index contributed by atoms with van der Waals surface area (Å²) in [5, 5.41) is 0. The Balaban J connectivity index is 2.31. The Morgan fingerprint density at radius 1 is 1.22 bits per heavy atom. The van der Waals surface area contributed by atoms with E-state index in [0.29, 0.717) is 4.34 Å². The third kappa shape index (κ3) is 2.63. The van der Waals surface area contributed by atoms with Gasteiger partial charge in [-0.1, -0.05) is 37.3 Å². The van der Waals surface area contributed by atoms with Gasteiger partial charge in [0, 0.05) is 0 Å². The van der Waals surface area contributed by atoms with Crippen molar-refractivity contribution in [1.29, 1.82) is 0 Å². The Morgan fingerprint density at radius 2 is 1.83 bits per heavy atom. The maximum atomic E-state index is 12.8. The molecule has 0 aromatic carbocycles. The van der Waals surface area contributed by atoms with Crippen LogP contribution in [0.15, 0.2) is 12.1 Å². The van der Waals surface area contributed by atoms with Crippen molar-refractivity contribution in [3.63, 3.8) is 0 Å². The van der Waals surface area contributed by atoms with Gasteiger partial charge < -0.3 is 0 Å². The summed E-state index contributed by atoms with van der Waals surface area (Å²) in [6.45, 7) is 0. The van der Waals surface area contributed by atoms with Gasteiger partial charge in [-0.25, -0.2) is 0 Å². The molecule has 1 saturated carbocycles. The summed E-state index contributed by atoms with van der Waals surface area (Å²) >= 11 is 7.35. The number of likely N-dealkylation sites (N-methyl/N-ethyl adjacent to an activating group) is 1. The van der Waals surface area contributed by atoms with E-state index in [2.05, 4.69) is 4.90 Å². The molecule has 18 heavy (non-hydrogen) atoms. The highest BCUT2D eigenvalue weighted by molar-refractivity contribution is 7.18. The number of rotatable bonds is 3. The Hall–Kier alpha value is -0.380. The quantitative estimate of drug-likeness (QED) is 0.612. The van der Waals surface area contributed by atoms with Gasteiger partial charge in [0.1, 0.15) is 0 Å². The van der Waals surface area contributed by atoms with E-state index in [9.17, 15) is 4.79 Å². The average Bonchev–Trinajstić information content (AvgIpc) is 2.63. The second kappa shape index (κ2) is 5.72. The molecule has 0 radical (unpaired) electrons. The van der Waals surface area contributed by atoms with Crippen LogP contribution in [0.2, 0.25) is 4.34 Å². The molecule has 1 aromatic rings. The zero-order chi connectivity index (χ0) is 13.2. The molecule has 2 rings (SSSR count). The fraction of sp³-hybridized carbons (Fsp3) is 0.643. The lowest BCUT2D eigenvalue weighted by Gasteiger charge is -2.37. The fourth-order valence-corrected chi connectivity index (χ4v) is 3.93. The number of Topliss-reactive ketones (excluding diaryl/α,β-unsaturated/α-hetero) is 1. The first-order valence-corrected chi connectivity index (χ1v) is 7.73. The lowest BCUT2D eigenvalue weighted by Crippen LogP contribution is -2.50. The molecule has 100 valence electrons. The maximum Gasteiger partial charge on any atom is 0.192 e. The van der Waals surface area contributed by atoms with Crippen molar-refractivity contribution in [2.75, 3.05) is 14.1 Å². The highest BCUT2D eigenvalue weighted by Crippen LogP contribution is 2.36. The number of halogens is 1. The van der Waals surface area contributed by atoms with Crippen LogP contribution in [0, 0.1) is 0 Å². The molecule has 0 spiro atoms. The summed E-state index contributed by atoms with van der Waals surface area (Å²) in [4.78, 5) is 15.8. The lowest BCUT2D eigenvalue weighted by molar-refractivity contribution is 0.0640. The third-order valence-electron chi connectivity index (χ3n) is 4.01. The van der Waals surface area contributed by atoms with Gasteiger partial charge in [-0.15, -0.1) is 11.3 Å². The first-order valence-electron chi connectivity index (χ1n) is 6.54. The number of thiophene rings is 1. The molecular weight excluding hydrogens is 266 g/mol. The van der Waals surface area contributed by atoms with Crippen LogP contribution in [0.3, 0.4) is 0 Å². The summed E-state index contributed by atoms with van der Waals surface area (Å²) in [5.41, 5.74) is -0.315. The van der Waals surface area contributed by atoms with Gasteiger partial charge in [0.05, 0.1) is 14.8 Å².